The average Bonchev–Trinajstić information content (AvgIpc) is 3.19. The van der Waals surface area contributed by atoms with Crippen molar-refractivity contribution in [1.29, 1.82) is 5.26 Å². The summed E-state index contributed by atoms with van der Waals surface area (Å²) in [5.41, 5.74) is 5.09. The maximum atomic E-state index is 12.0. The molecule has 5 nitrogen and oxygen atoms in total. The van der Waals surface area contributed by atoms with Gasteiger partial charge >= 0.3 is 5.97 Å². The lowest BCUT2D eigenvalue weighted by molar-refractivity contribution is 0.0600. The van der Waals surface area contributed by atoms with Crippen LogP contribution >= 0.6 is 0 Å². The van der Waals surface area contributed by atoms with Crippen LogP contribution in [0, 0.1) is 11.3 Å². The van der Waals surface area contributed by atoms with Gasteiger partial charge in [0.1, 0.15) is 5.75 Å². The van der Waals surface area contributed by atoms with Gasteiger partial charge < -0.3 is 14.0 Å². The molecule has 0 aliphatic heterocycles. The van der Waals surface area contributed by atoms with E-state index >= 15 is 0 Å². The van der Waals surface area contributed by atoms with Crippen molar-refractivity contribution in [3.8, 4) is 28.6 Å². The highest BCUT2D eigenvalue weighted by Crippen LogP contribution is 2.45. The number of methoxy groups -OCH3 is 2. The van der Waals surface area contributed by atoms with E-state index in [0.29, 0.717) is 12.0 Å². The number of hydrogen-bond donors (Lipinski definition) is 0. The van der Waals surface area contributed by atoms with Crippen LogP contribution in [-0.2, 0) is 10.2 Å². The summed E-state index contributed by atoms with van der Waals surface area (Å²) in [5.74, 6) is 0.379. The fourth-order valence-electron chi connectivity index (χ4n) is 4.35. The molecule has 33 heavy (non-hydrogen) atoms. The number of para-hydroxylation sites is 1. The van der Waals surface area contributed by atoms with Gasteiger partial charge in [0.2, 0.25) is 0 Å². The number of rotatable bonds is 6. The Morgan fingerprint density at radius 1 is 1.00 bits per heavy atom. The number of esters is 1. The average molecular weight is 439 g/mol. The molecule has 0 bridgehead atoms. The third kappa shape index (κ3) is 3.96. The molecular formula is C28H26N2O3. The number of ether oxygens (including phenoxy) is 2. The van der Waals surface area contributed by atoms with Crippen molar-refractivity contribution >= 4 is 16.9 Å². The molecule has 0 spiro atoms. The number of nitriles is 1. The maximum Gasteiger partial charge on any atom is 0.337 e. The zero-order valence-corrected chi connectivity index (χ0v) is 19.3. The van der Waals surface area contributed by atoms with Crippen LogP contribution in [0.1, 0.15) is 36.3 Å². The Morgan fingerprint density at radius 2 is 1.70 bits per heavy atom. The van der Waals surface area contributed by atoms with Gasteiger partial charge in [-0.2, -0.15) is 5.26 Å². The van der Waals surface area contributed by atoms with E-state index in [-0.39, 0.29) is 5.97 Å². The fraction of sp³-hybridized carbons (Fsp3) is 0.214. The second kappa shape index (κ2) is 8.84. The monoisotopic (exact) mass is 438 g/mol. The summed E-state index contributed by atoms with van der Waals surface area (Å²) in [7, 11) is 3.03. The quantitative estimate of drug-likeness (QED) is 0.332. The number of fused-ring (bicyclic) bond motifs is 1. The molecule has 0 radical (unpaired) electrons. The molecule has 0 amide bonds. The number of benzene rings is 3. The Kier molecular flexibility index (Phi) is 5.93. The molecule has 0 saturated carbocycles. The summed E-state index contributed by atoms with van der Waals surface area (Å²) in [6, 6.07) is 26.0. The molecule has 0 fully saturated rings. The van der Waals surface area contributed by atoms with Crippen molar-refractivity contribution in [2.24, 2.45) is 0 Å². The fourth-order valence-corrected chi connectivity index (χ4v) is 4.35. The van der Waals surface area contributed by atoms with Crippen molar-refractivity contribution in [2.45, 2.75) is 25.7 Å². The van der Waals surface area contributed by atoms with Crippen LogP contribution in [0.2, 0.25) is 0 Å². The number of carbonyl (C=O) groups is 1. The van der Waals surface area contributed by atoms with Crippen LogP contribution in [0.15, 0.2) is 72.8 Å². The Hall–Kier alpha value is -4.04. The summed E-state index contributed by atoms with van der Waals surface area (Å²) in [6.45, 7) is 4.18. The van der Waals surface area contributed by atoms with Gasteiger partial charge in [-0.1, -0.05) is 44.2 Å². The maximum absolute atomic E-state index is 12.0. The lowest BCUT2D eigenvalue weighted by Gasteiger charge is -2.26. The van der Waals surface area contributed by atoms with E-state index < -0.39 is 5.41 Å². The van der Waals surface area contributed by atoms with Crippen molar-refractivity contribution < 1.29 is 14.3 Å². The largest absolute Gasteiger partial charge is 0.497 e. The van der Waals surface area contributed by atoms with Gasteiger partial charge in [-0.3, -0.25) is 0 Å². The van der Waals surface area contributed by atoms with Gasteiger partial charge in [-0.25, -0.2) is 4.79 Å². The smallest absolute Gasteiger partial charge is 0.337 e. The Bertz CT molecular complexity index is 1340. The molecule has 0 N–H and O–H groups in total. The highest BCUT2D eigenvalue weighted by atomic mass is 16.5. The highest BCUT2D eigenvalue weighted by molar-refractivity contribution is 6.01. The van der Waals surface area contributed by atoms with E-state index in [4.69, 9.17) is 9.47 Å². The first-order valence-electron chi connectivity index (χ1n) is 10.8. The molecule has 0 saturated heterocycles. The topological polar surface area (TPSA) is 64.2 Å². The van der Waals surface area contributed by atoms with Crippen molar-refractivity contribution in [3.05, 3.63) is 84.1 Å². The van der Waals surface area contributed by atoms with Crippen molar-refractivity contribution in [1.82, 2.24) is 4.57 Å². The predicted octanol–water partition coefficient (Wildman–Crippen LogP) is 6.28. The number of hydrogen-bond acceptors (Lipinski definition) is 4. The van der Waals surface area contributed by atoms with Crippen LogP contribution in [0.25, 0.3) is 27.7 Å². The van der Waals surface area contributed by atoms with Crippen LogP contribution in [0.3, 0.4) is 0 Å². The van der Waals surface area contributed by atoms with Gasteiger partial charge in [0.05, 0.1) is 31.4 Å². The molecule has 3 aromatic carbocycles. The third-order valence-corrected chi connectivity index (χ3v) is 5.95. The summed E-state index contributed by atoms with van der Waals surface area (Å²) < 4.78 is 12.6. The minimum atomic E-state index is -0.451. The Labute approximate surface area is 193 Å². The Morgan fingerprint density at radius 3 is 2.30 bits per heavy atom. The normalized spacial score (nSPS) is 11.2. The van der Waals surface area contributed by atoms with Gasteiger partial charge in [0.25, 0.3) is 0 Å². The van der Waals surface area contributed by atoms with E-state index in [0.717, 1.165) is 39.2 Å². The number of carbonyl (C=O) groups excluding carboxylic acids is 1. The molecule has 5 heteroatoms. The van der Waals surface area contributed by atoms with E-state index in [1.165, 1.54) is 7.11 Å². The first-order valence-corrected chi connectivity index (χ1v) is 10.8. The zero-order valence-electron chi connectivity index (χ0n) is 19.3. The summed E-state index contributed by atoms with van der Waals surface area (Å²) >= 11 is 0. The highest BCUT2D eigenvalue weighted by Gasteiger charge is 2.32. The third-order valence-electron chi connectivity index (χ3n) is 5.95. The number of aromatic nitrogens is 1. The first-order chi connectivity index (χ1) is 15.9. The minimum Gasteiger partial charge on any atom is -0.497 e. The molecule has 1 aromatic heterocycles. The van der Waals surface area contributed by atoms with E-state index in [1.54, 1.807) is 19.2 Å². The van der Waals surface area contributed by atoms with E-state index in [1.807, 2.05) is 42.5 Å². The summed E-state index contributed by atoms with van der Waals surface area (Å²) in [4.78, 5) is 12.0. The van der Waals surface area contributed by atoms with Crippen LogP contribution in [0.5, 0.6) is 5.75 Å². The summed E-state index contributed by atoms with van der Waals surface area (Å²) in [6.07, 6.45) is 0.348. The standard InChI is InChI=1S/C28H26N2O3/c1-28(2,16-17-29)26-25(19-10-12-20(13-11-19)27(31)33-4)23-18-22(32-3)14-15-24(23)30(26)21-8-6-5-7-9-21/h5-15,18H,16H2,1-4H3. The molecule has 1 heterocycles. The SMILES string of the molecule is COC(=O)c1ccc(-c2c(C(C)(C)CC#N)n(-c3ccccc3)c3ccc(OC)cc23)cc1. The molecule has 0 aliphatic rings. The number of nitrogens with zero attached hydrogens (tertiary/aromatic N) is 2. The van der Waals surface area contributed by atoms with Gasteiger partial charge in [0.15, 0.2) is 0 Å². The molecule has 0 aliphatic carbocycles. The molecule has 4 aromatic rings. The van der Waals surface area contributed by atoms with Crippen molar-refractivity contribution in [3.63, 3.8) is 0 Å². The predicted molar refractivity (Wildman–Crippen MR) is 130 cm³/mol. The molecule has 0 atom stereocenters. The van der Waals surface area contributed by atoms with Crippen LogP contribution in [0.4, 0.5) is 0 Å². The summed E-state index contributed by atoms with van der Waals surface area (Å²) in [5, 5.41) is 10.7. The molecular weight excluding hydrogens is 412 g/mol. The minimum absolute atomic E-state index is 0.348. The van der Waals surface area contributed by atoms with Gasteiger partial charge in [-0.05, 0) is 48.0 Å². The lowest BCUT2D eigenvalue weighted by Crippen LogP contribution is -2.21. The van der Waals surface area contributed by atoms with Crippen molar-refractivity contribution in [2.75, 3.05) is 14.2 Å². The molecule has 166 valence electrons. The van der Waals surface area contributed by atoms with Crippen LogP contribution < -0.4 is 4.74 Å². The zero-order chi connectivity index (χ0) is 23.6. The van der Waals surface area contributed by atoms with E-state index in [9.17, 15) is 10.1 Å². The molecule has 4 rings (SSSR count). The Balaban J connectivity index is 2.12. The first kappa shape index (κ1) is 22.2. The van der Waals surface area contributed by atoms with Gasteiger partial charge in [-0.15, -0.1) is 0 Å². The second-order valence-corrected chi connectivity index (χ2v) is 8.57. The second-order valence-electron chi connectivity index (χ2n) is 8.57. The molecule has 0 unspecified atom stereocenters. The van der Waals surface area contributed by atoms with E-state index in [2.05, 4.69) is 42.7 Å². The van der Waals surface area contributed by atoms with Crippen LogP contribution in [-0.4, -0.2) is 24.8 Å². The van der Waals surface area contributed by atoms with Gasteiger partial charge in [0, 0.05) is 34.2 Å². The lowest BCUT2D eigenvalue weighted by atomic mass is 9.81.